The molecule has 2 saturated heterocycles. The van der Waals surface area contributed by atoms with Gasteiger partial charge in [-0.25, -0.2) is 0 Å². The second-order valence-corrected chi connectivity index (χ2v) is 8.81. The first-order valence-electron chi connectivity index (χ1n) is 11.2. The Morgan fingerprint density at radius 1 is 0.793 bits per heavy atom. The number of hydrogen-bond acceptors (Lipinski definition) is 3. The van der Waals surface area contributed by atoms with Crippen LogP contribution in [0.15, 0.2) is 54.6 Å². The fraction of sp³-hybridized carbons (Fsp3) is 0.480. The largest absolute Gasteiger partial charge is 0.370 e. The third-order valence-corrected chi connectivity index (χ3v) is 7.12. The zero-order valence-electron chi connectivity index (χ0n) is 17.2. The number of fused-ring (bicyclic) bond motifs is 1. The molecule has 152 valence electrons. The molecular formula is C25H31N3O. The molecule has 4 nitrogen and oxygen atoms in total. The monoisotopic (exact) mass is 389 g/mol. The van der Waals surface area contributed by atoms with E-state index in [2.05, 4.69) is 69.3 Å². The van der Waals surface area contributed by atoms with Crippen molar-refractivity contribution in [3.63, 3.8) is 0 Å². The molecule has 0 spiro atoms. The Kier molecular flexibility index (Phi) is 5.28. The summed E-state index contributed by atoms with van der Waals surface area (Å²) in [7, 11) is 0. The van der Waals surface area contributed by atoms with Gasteiger partial charge in [0.05, 0.1) is 0 Å². The molecule has 5 rings (SSSR count). The van der Waals surface area contributed by atoms with Crippen molar-refractivity contribution in [1.29, 1.82) is 0 Å². The van der Waals surface area contributed by atoms with E-state index in [4.69, 9.17) is 0 Å². The van der Waals surface area contributed by atoms with Gasteiger partial charge in [-0.15, -0.1) is 0 Å². The summed E-state index contributed by atoms with van der Waals surface area (Å²) in [6.07, 6.45) is 4.26. The van der Waals surface area contributed by atoms with Crippen LogP contribution in [0.2, 0.25) is 0 Å². The average molecular weight is 390 g/mol. The van der Waals surface area contributed by atoms with Crippen molar-refractivity contribution in [2.75, 3.05) is 37.6 Å². The topological polar surface area (TPSA) is 26.8 Å². The van der Waals surface area contributed by atoms with Crippen LogP contribution in [-0.4, -0.2) is 54.5 Å². The maximum atomic E-state index is 13.1. The molecule has 0 radical (unpaired) electrons. The molecule has 29 heavy (non-hydrogen) atoms. The van der Waals surface area contributed by atoms with Crippen molar-refractivity contribution < 1.29 is 4.79 Å². The molecule has 4 heteroatoms. The fourth-order valence-corrected chi connectivity index (χ4v) is 5.37. The van der Waals surface area contributed by atoms with Crippen LogP contribution in [0.1, 0.15) is 30.4 Å². The zero-order valence-corrected chi connectivity index (χ0v) is 17.2. The summed E-state index contributed by atoms with van der Waals surface area (Å²) in [5.74, 6) is 0.597. The molecule has 3 heterocycles. The van der Waals surface area contributed by atoms with Crippen LogP contribution in [0.4, 0.5) is 5.69 Å². The standard InChI is InChI=1S/C25H31N3O/c29-25(28-16-10-20-6-4-5-7-22(20)18-28)21-11-14-26(15-12-21)24-13-17-27(19-24)23-8-2-1-3-9-23/h1-9,21,24H,10-19H2. The van der Waals surface area contributed by atoms with Crippen LogP contribution < -0.4 is 4.90 Å². The SMILES string of the molecule is O=C(C1CCN(C2CCN(c3ccccc3)C2)CC1)N1CCc2ccccc2C1. The first-order chi connectivity index (χ1) is 14.3. The van der Waals surface area contributed by atoms with Crippen LogP contribution in [0.25, 0.3) is 0 Å². The van der Waals surface area contributed by atoms with E-state index in [9.17, 15) is 4.79 Å². The maximum Gasteiger partial charge on any atom is 0.226 e. The summed E-state index contributed by atoms with van der Waals surface area (Å²) < 4.78 is 0. The minimum atomic E-state index is 0.211. The van der Waals surface area contributed by atoms with E-state index in [-0.39, 0.29) is 5.92 Å². The summed E-state index contributed by atoms with van der Waals surface area (Å²) in [4.78, 5) is 20.4. The van der Waals surface area contributed by atoms with E-state index in [0.717, 1.165) is 58.5 Å². The highest BCUT2D eigenvalue weighted by molar-refractivity contribution is 5.79. The molecule has 2 fully saturated rings. The molecule has 1 atom stereocenters. The second-order valence-electron chi connectivity index (χ2n) is 8.81. The highest BCUT2D eigenvalue weighted by atomic mass is 16.2. The summed E-state index contributed by atoms with van der Waals surface area (Å²) in [6, 6.07) is 20.0. The van der Waals surface area contributed by atoms with Gasteiger partial charge < -0.3 is 9.80 Å². The average Bonchev–Trinajstić information content (AvgIpc) is 3.29. The van der Waals surface area contributed by atoms with Crippen molar-refractivity contribution in [2.24, 2.45) is 5.92 Å². The van der Waals surface area contributed by atoms with Gasteiger partial charge in [0.15, 0.2) is 0 Å². The molecule has 2 aromatic carbocycles. The van der Waals surface area contributed by atoms with E-state index in [1.165, 1.54) is 23.2 Å². The van der Waals surface area contributed by atoms with Crippen molar-refractivity contribution in [2.45, 2.75) is 38.3 Å². The predicted octanol–water partition coefficient (Wildman–Crippen LogP) is 3.56. The summed E-state index contributed by atoms with van der Waals surface area (Å²) >= 11 is 0. The Labute approximate surface area is 174 Å². The fourth-order valence-electron chi connectivity index (χ4n) is 5.37. The number of rotatable bonds is 3. The number of para-hydroxylation sites is 1. The third kappa shape index (κ3) is 3.91. The van der Waals surface area contributed by atoms with Crippen molar-refractivity contribution >= 4 is 11.6 Å². The number of piperidine rings is 1. The number of amides is 1. The smallest absolute Gasteiger partial charge is 0.226 e. The van der Waals surface area contributed by atoms with Crippen molar-refractivity contribution in [1.82, 2.24) is 9.80 Å². The van der Waals surface area contributed by atoms with Gasteiger partial charge in [0.2, 0.25) is 5.91 Å². The molecule has 3 aliphatic rings. The molecule has 1 unspecified atom stereocenters. The highest BCUT2D eigenvalue weighted by Crippen LogP contribution is 2.28. The van der Waals surface area contributed by atoms with Gasteiger partial charge in [-0.3, -0.25) is 9.69 Å². The predicted molar refractivity (Wildman–Crippen MR) is 117 cm³/mol. The number of carbonyl (C=O) groups excluding carboxylic acids is 1. The van der Waals surface area contributed by atoms with E-state index >= 15 is 0 Å². The minimum absolute atomic E-state index is 0.211. The summed E-state index contributed by atoms with van der Waals surface area (Å²) in [5, 5.41) is 0. The molecule has 0 aromatic heterocycles. The van der Waals surface area contributed by atoms with Crippen molar-refractivity contribution in [3.8, 4) is 0 Å². The highest BCUT2D eigenvalue weighted by Gasteiger charge is 2.34. The van der Waals surface area contributed by atoms with Crippen LogP contribution >= 0.6 is 0 Å². The van der Waals surface area contributed by atoms with Gasteiger partial charge >= 0.3 is 0 Å². The van der Waals surface area contributed by atoms with Crippen LogP contribution in [0.3, 0.4) is 0 Å². The Hall–Kier alpha value is -2.33. The number of benzene rings is 2. The van der Waals surface area contributed by atoms with Gasteiger partial charge in [-0.1, -0.05) is 42.5 Å². The summed E-state index contributed by atoms with van der Waals surface area (Å²) in [6.45, 7) is 6.06. The van der Waals surface area contributed by atoms with Crippen LogP contribution in [0.5, 0.6) is 0 Å². The molecule has 0 N–H and O–H groups in total. The maximum absolute atomic E-state index is 13.1. The molecule has 2 aromatic rings. The lowest BCUT2D eigenvalue weighted by Crippen LogP contribution is -2.47. The summed E-state index contributed by atoms with van der Waals surface area (Å²) in [5.41, 5.74) is 4.08. The van der Waals surface area contributed by atoms with Gasteiger partial charge in [0, 0.05) is 43.8 Å². The quantitative estimate of drug-likeness (QED) is 0.803. The van der Waals surface area contributed by atoms with Crippen LogP contribution in [0, 0.1) is 5.92 Å². The molecule has 0 bridgehead atoms. The lowest BCUT2D eigenvalue weighted by Gasteiger charge is -2.38. The number of anilines is 1. The number of hydrogen-bond donors (Lipinski definition) is 0. The molecule has 3 aliphatic heterocycles. The van der Waals surface area contributed by atoms with Crippen LogP contribution in [-0.2, 0) is 17.8 Å². The number of nitrogens with zero attached hydrogens (tertiary/aromatic N) is 3. The van der Waals surface area contributed by atoms with E-state index in [0.29, 0.717) is 11.9 Å². The van der Waals surface area contributed by atoms with Crippen molar-refractivity contribution in [3.05, 3.63) is 65.7 Å². The lowest BCUT2D eigenvalue weighted by atomic mass is 9.92. The van der Waals surface area contributed by atoms with Gasteiger partial charge in [0.25, 0.3) is 0 Å². The molecular weight excluding hydrogens is 358 g/mol. The first kappa shape index (κ1) is 18.7. The Bertz CT molecular complexity index is 844. The van der Waals surface area contributed by atoms with Gasteiger partial charge in [-0.2, -0.15) is 0 Å². The van der Waals surface area contributed by atoms with Gasteiger partial charge in [-0.05, 0) is 62.0 Å². The normalized spacial score (nSPS) is 23.2. The van der Waals surface area contributed by atoms with Gasteiger partial charge in [0.1, 0.15) is 0 Å². The Morgan fingerprint density at radius 3 is 2.31 bits per heavy atom. The number of carbonyl (C=O) groups is 1. The molecule has 1 amide bonds. The first-order valence-corrected chi connectivity index (χ1v) is 11.2. The third-order valence-electron chi connectivity index (χ3n) is 7.12. The second kappa shape index (κ2) is 8.19. The molecule has 0 aliphatic carbocycles. The van der Waals surface area contributed by atoms with E-state index < -0.39 is 0 Å². The Morgan fingerprint density at radius 2 is 1.52 bits per heavy atom. The lowest BCUT2D eigenvalue weighted by molar-refractivity contribution is -0.138. The zero-order chi connectivity index (χ0) is 19.6. The minimum Gasteiger partial charge on any atom is -0.370 e. The van der Waals surface area contributed by atoms with E-state index in [1.54, 1.807) is 0 Å². The number of likely N-dealkylation sites (tertiary alicyclic amines) is 1. The van der Waals surface area contributed by atoms with E-state index in [1.807, 2.05) is 0 Å². The molecule has 0 saturated carbocycles. The Balaban J connectivity index is 1.14.